The maximum atomic E-state index is 12.2. The van der Waals surface area contributed by atoms with Gasteiger partial charge >= 0.3 is 0 Å². The van der Waals surface area contributed by atoms with Gasteiger partial charge in [-0.25, -0.2) is 0 Å². The average Bonchev–Trinajstić information content (AvgIpc) is 2.92. The molecule has 3 rings (SSSR count). The molecular formula is C16H20O6. The number of rotatable bonds is 3. The molecule has 0 spiro atoms. The Kier molecular flexibility index (Phi) is 3.43. The lowest BCUT2D eigenvalue weighted by Gasteiger charge is -2.30. The number of methoxy groups -OCH3 is 2. The van der Waals surface area contributed by atoms with E-state index in [9.17, 15) is 9.90 Å². The van der Waals surface area contributed by atoms with Crippen LogP contribution in [0.15, 0.2) is 18.2 Å². The zero-order valence-corrected chi connectivity index (χ0v) is 13.1. The van der Waals surface area contributed by atoms with E-state index in [-0.39, 0.29) is 12.2 Å². The SMILES string of the molecule is COc1ccc([C@@]2(O)CC(=O)[C@@H]3OC(C)(C)O[C@@H]32)cc1OC. The quantitative estimate of drug-likeness (QED) is 0.909. The lowest BCUT2D eigenvalue weighted by atomic mass is 9.89. The number of Topliss-reactive ketones (excluding diaryl/α,β-unsaturated/α-hetero) is 1. The van der Waals surface area contributed by atoms with E-state index in [0.29, 0.717) is 17.1 Å². The highest BCUT2D eigenvalue weighted by molar-refractivity contribution is 5.88. The molecule has 6 nitrogen and oxygen atoms in total. The Hall–Kier alpha value is -1.63. The normalized spacial score (nSPS) is 32.9. The molecule has 1 saturated heterocycles. The van der Waals surface area contributed by atoms with E-state index in [0.717, 1.165) is 0 Å². The summed E-state index contributed by atoms with van der Waals surface area (Å²) < 4.78 is 21.9. The van der Waals surface area contributed by atoms with Crippen molar-refractivity contribution in [2.45, 2.75) is 43.9 Å². The molecule has 1 N–H and O–H groups in total. The van der Waals surface area contributed by atoms with Gasteiger partial charge in [0.15, 0.2) is 23.1 Å². The van der Waals surface area contributed by atoms with Crippen molar-refractivity contribution in [1.82, 2.24) is 0 Å². The van der Waals surface area contributed by atoms with Gasteiger partial charge in [0.2, 0.25) is 0 Å². The van der Waals surface area contributed by atoms with Crippen LogP contribution in [0.4, 0.5) is 0 Å². The summed E-state index contributed by atoms with van der Waals surface area (Å²) in [6, 6.07) is 5.08. The van der Waals surface area contributed by atoms with Gasteiger partial charge in [-0.3, -0.25) is 4.79 Å². The minimum atomic E-state index is -1.44. The van der Waals surface area contributed by atoms with Gasteiger partial charge < -0.3 is 24.1 Å². The zero-order valence-electron chi connectivity index (χ0n) is 13.1. The topological polar surface area (TPSA) is 74.2 Å². The number of ketones is 1. The molecule has 22 heavy (non-hydrogen) atoms. The fraction of sp³-hybridized carbons (Fsp3) is 0.562. The van der Waals surface area contributed by atoms with Crippen LogP contribution in [0, 0.1) is 0 Å². The predicted molar refractivity (Wildman–Crippen MR) is 76.9 cm³/mol. The van der Waals surface area contributed by atoms with Crippen molar-refractivity contribution < 1.29 is 28.8 Å². The van der Waals surface area contributed by atoms with E-state index in [1.54, 1.807) is 32.0 Å². The van der Waals surface area contributed by atoms with Gasteiger partial charge in [-0.2, -0.15) is 0 Å². The monoisotopic (exact) mass is 308 g/mol. The molecule has 6 heteroatoms. The first-order chi connectivity index (χ1) is 10.3. The minimum Gasteiger partial charge on any atom is -0.493 e. The second-order valence-corrected chi connectivity index (χ2v) is 6.11. The number of ether oxygens (including phenoxy) is 4. The Morgan fingerprint density at radius 1 is 1.18 bits per heavy atom. The largest absolute Gasteiger partial charge is 0.493 e. The van der Waals surface area contributed by atoms with E-state index in [2.05, 4.69) is 0 Å². The van der Waals surface area contributed by atoms with Crippen molar-refractivity contribution in [3.63, 3.8) is 0 Å². The number of carbonyl (C=O) groups excluding carboxylic acids is 1. The third-order valence-electron chi connectivity index (χ3n) is 4.21. The molecule has 1 saturated carbocycles. The van der Waals surface area contributed by atoms with E-state index < -0.39 is 23.6 Å². The van der Waals surface area contributed by atoms with Crippen molar-refractivity contribution in [3.05, 3.63) is 23.8 Å². The summed E-state index contributed by atoms with van der Waals surface area (Å²) in [5.41, 5.74) is -0.887. The number of fused-ring (bicyclic) bond motifs is 1. The summed E-state index contributed by atoms with van der Waals surface area (Å²) >= 11 is 0. The standard InChI is InChI=1S/C16H20O6/c1-15(2)21-13-10(17)8-16(18,14(13)22-15)9-5-6-11(19-3)12(7-9)20-4/h5-7,13-14,18H,8H2,1-4H3/t13-,14-,16-/m0/s1. The average molecular weight is 308 g/mol. The van der Waals surface area contributed by atoms with Crippen LogP contribution in [0.25, 0.3) is 0 Å². The number of hydrogen-bond donors (Lipinski definition) is 1. The van der Waals surface area contributed by atoms with E-state index in [1.165, 1.54) is 14.2 Å². The number of carbonyl (C=O) groups is 1. The van der Waals surface area contributed by atoms with Crippen LogP contribution >= 0.6 is 0 Å². The highest BCUT2D eigenvalue weighted by atomic mass is 16.8. The van der Waals surface area contributed by atoms with Crippen molar-refractivity contribution in [3.8, 4) is 11.5 Å². The Balaban J connectivity index is 2.02. The molecule has 0 radical (unpaired) electrons. The number of aliphatic hydroxyl groups is 1. The molecule has 0 unspecified atom stereocenters. The van der Waals surface area contributed by atoms with Crippen molar-refractivity contribution in [2.24, 2.45) is 0 Å². The molecule has 0 aromatic heterocycles. The van der Waals surface area contributed by atoms with Gasteiger partial charge in [-0.15, -0.1) is 0 Å². The van der Waals surface area contributed by atoms with Crippen LogP contribution in [-0.4, -0.2) is 43.1 Å². The highest BCUT2D eigenvalue weighted by Gasteiger charge is 2.61. The fourth-order valence-electron chi connectivity index (χ4n) is 3.18. The van der Waals surface area contributed by atoms with E-state index in [1.807, 2.05) is 0 Å². The first-order valence-electron chi connectivity index (χ1n) is 7.14. The lowest BCUT2D eigenvalue weighted by molar-refractivity contribution is -0.182. The molecule has 0 bridgehead atoms. The molecule has 3 atom stereocenters. The zero-order chi connectivity index (χ0) is 16.1. The van der Waals surface area contributed by atoms with Gasteiger partial charge in [0, 0.05) is 6.42 Å². The molecule has 2 aliphatic rings. The Labute approximate surface area is 128 Å². The highest BCUT2D eigenvalue weighted by Crippen LogP contribution is 2.48. The molecule has 2 fully saturated rings. The van der Waals surface area contributed by atoms with Crippen LogP contribution < -0.4 is 9.47 Å². The summed E-state index contributed by atoms with van der Waals surface area (Å²) in [6.45, 7) is 3.46. The van der Waals surface area contributed by atoms with Crippen LogP contribution in [0.1, 0.15) is 25.8 Å². The van der Waals surface area contributed by atoms with Crippen molar-refractivity contribution in [2.75, 3.05) is 14.2 Å². The number of benzene rings is 1. The summed E-state index contributed by atoms with van der Waals surface area (Å²) in [4.78, 5) is 12.2. The Morgan fingerprint density at radius 3 is 2.50 bits per heavy atom. The van der Waals surface area contributed by atoms with E-state index in [4.69, 9.17) is 18.9 Å². The predicted octanol–water partition coefficient (Wildman–Crippen LogP) is 1.38. The first kappa shape index (κ1) is 15.3. The maximum absolute atomic E-state index is 12.2. The van der Waals surface area contributed by atoms with Gasteiger partial charge in [-0.1, -0.05) is 6.07 Å². The second-order valence-electron chi connectivity index (χ2n) is 6.11. The minimum absolute atomic E-state index is 0.0477. The summed E-state index contributed by atoms with van der Waals surface area (Å²) in [6.07, 6.45) is -1.52. The molecule has 1 aromatic rings. The van der Waals surface area contributed by atoms with Gasteiger partial charge in [0.1, 0.15) is 17.8 Å². The van der Waals surface area contributed by atoms with Crippen LogP contribution in [0.5, 0.6) is 11.5 Å². The number of hydrogen-bond acceptors (Lipinski definition) is 6. The molecule has 1 aromatic carbocycles. The van der Waals surface area contributed by atoms with Crippen LogP contribution in [0.3, 0.4) is 0 Å². The molecule has 1 heterocycles. The second kappa shape index (κ2) is 4.94. The molecule has 1 aliphatic heterocycles. The summed E-state index contributed by atoms with van der Waals surface area (Å²) in [7, 11) is 3.06. The van der Waals surface area contributed by atoms with Crippen LogP contribution in [0.2, 0.25) is 0 Å². The van der Waals surface area contributed by atoms with Gasteiger partial charge in [0.05, 0.1) is 14.2 Å². The van der Waals surface area contributed by atoms with Crippen molar-refractivity contribution >= 4 is 5.78 Å². The molecule has 120 valence electrons. The van der Waals surface area contributed by atoms with Crippen LogP contribution in [-0.2, 0) is 19.9 Å². The fourth-order valence-corrected chi connectivity index (χ4v) is 3.18. The van der Waals surface area contributed by atoms with Gasteiger partial charge in [0.25, 0.3) is 0 Å². The van der Waals surface area contributed by atoms with E-state index >= 15 is 0 Å². The third kappa shape index (κ3) is 2.18. The summed E-state index contributed by atoms with van der Waals surface area (Å²) in [5, 5.41) is 11.1. The maximum Gasteiger partial charge on any atom is 0.167 e. The lowest BCUT2D eigenvalue weighted by Crippen LogP contribution is -2.39. The Bertz CT molecular complexity index is 611. The molecule has 1 aliphatic carbocycles. The summed E-state index contributed by atoms with van der Waals surface area (Å²) in [5.74, 6) is -0.00864. The molecule has 0 amide bonds. The third-order valence-corrected chi connectivity index (χ3v) is 4.21. The first-order valence-corrected chi connectivity index (χ1v) is 7.14. The van der Waals surface area contributed by atoms with Gasteiger partial charge in [-0.05, 0) is 31.5 Å². The van der Waals surface area contributed by atoms with Crippen molar-refractivity contribution in [1.29, 1.82) is 0 Å². The Morgan fingerprint density at radius 2 is 1.86 bits per heavy atom. The molecular weight excluding hydrogens is 288 g/mol. The smallest absolute Gasteiger partial charge is 0.167 e.